The van der Waals surface area contributed by atoms with Crippen LogP contribution in [0.2, 0.25) is 0 Å². The minimum Gasteiger partial charge on any atom is -0.496 e. The lowest BCUT2D eigenvalue weighted by molar-refractivity contribution is -0.0982. The number of ether oxygens (including phenoxy) is 2. The number of benzene rings is 2. The Kier molecular flexibility index (Phi) is 6.56. The van der Waals surface area contributed by atoms with Gasteiger partial charge >= 0.3 is 0 Å². The molecule has 0 aliphatic carbocycles. The Bertz CT molecular complexity index is 717. The Morgan fingerprint density at radius 1 is 1.07 bits per heavy atom. The Morgan fingerprint density at radius 2 is 1.81 bits per heavy atom. The van der Waals surface area contributed by atoms with Crippen LogP contribution in [-0.2, 0) is 16.7 Å². The van der Waals surface area contributed by atoms with E-state index in [9.17, 15) is 0 Å². The van der Waals surface area contributed by atoms with Crippen LogP contribution in [0.3, 0.4) is 0 Å². The fourth-order valence-corrected chi connectivity index (χ4v) is 4.39. The molecule has 1 N–H and O–H groups in total. The van der Waals surface area contributed by atoms with Crippen LogP contribution in [0.15, 0.2) is 54.6 Å². The van der Waals surface area contributed by atoms with Crippen LogP contribution < -0.4 is 10.1 Å². The van der Waals surface area contributed by atoms with Crippen LogP contribution in [0, 0.1) is 0 Å². The fraction of sp³-hybridized carbons (Fsp3) is 0.500. The van der Waals surface area contributed by atoms with E-state index in [-0.39, 0.29) is 11.0 Å². The summed E-state index contributed by atoms with van der Waals surface area (Å²) in [4.78, 5) is 0. The van der Waals surface area contributed by atoms with Crippen LogP contribution >= 0.6 is 0 Å². The van der Waals surface area contributed by atoms with Crippen molar-refractivity contribution in [3.8, 4) is 5.75 Å². The van der Waals surface area contributed by atoms with E-state index < -0.39 is 0 Å². The molecular formula is C24H33NO2. The molecule has 2 aromatic rings. The van der Waals surface area contributed by atoms with Gasteiger partial charge in [0, 0.05) is 24.1 Å². The summed E-state index contributed by atoms with van der Waals surface area (Å²) in [5.41, 5.74) is 2.67. The van der Waals surface area contributed by atoms with E-state index in [4.69, 9.17) is 9.47 Å². The summed E-state index contributed by atoms with van der Waals surface area (Å²) >= 11 is 0. The summed E-state index contributed by atoms with van der Waals surface area (Å²) in [5.74, 6) is 1.00. The maximum absolute atomic E-state index is 6.18. The average molecular weight is 368 g/mol. The third-order valence-electron chi connectivity index (χ3n) is 6.12. The van der Waals surface area contributed by atoms with Gasteiger partial charge in [-0.05, 0) is 50.8 Å². The monoisotopic (exact) mass is 367 g/mol. The third-order valence-corrected chi connectivity index (χ3v) is 6.12. The quantitative estimate of drug-likeness (QED) is 0.659. The molecule has 1 saturated heterocycles. The molecule has 3 rings (SSSR count). The molecule has 2 aromatic carbocycles. The second kappa shape index (κ2) is 8.90. The average Bonchev–Trinajstić information content (AvgIpc) is 2.72. The molecule has 1 heterocycles. The molecule has 27 heavy (non-hydrogen) atoms. The second-order valence-electron chi connectivity index (χ2n) is 7.97. The zero-order chi connectivity index (χ0) is 19.2. The van der Waals surface area contributed by atoms with Crippen molar-refractivity contribution in [2.24, 2.45) is 0 Å². The van der Waals surface area contributed by atoms with Gasteiger partial charge in [0.1, 0.15) is 5.75 Å². The van der Waals surface area contributed by atoms with Crippen LogP contribution in [0.1, 0.15) is 50.7 Å². The Labute approximate surface area is 164 Å². The van der Waals surface area contributed by atoms with Crippen molar-refractivity contribution in [1.29, 1.82) is 0 Å². The molecule has 1 aliphatic rings. The highest BCUT2D eigenvalue weighted by molar-refractivity contribution is 5.40. The highest BCUT2D eigenvalue weighted by Gasteiger charge is 2.44. The van der Waals surface area contributed by atoms with Gasteiger partial charge in [-0.1, -0.05) is 55.5 Å². The molecule has 2 atom stereocenters. The van der Waals surface area contributed by atoms with Crippen molar-refractivity contribution >= 4 is 0 Å². The predicted octanol–water partition coefficient (Wildman–Crippen LogP) is 5.09. The summed E-state index contributed by atoms with van der Waals surface area (Å²) in [6, 6.07) is 19.1. The summed E-state index contributed by atoms with van der Waals surface area (Å²) < 4.78 is 11.9. The first kappa shape index (κ1) is 19.9. The standard InChI is InChI=1S/C24H33NO2/c1-4-23(2)19-24(15-17-27-23,21-12-8-9-13-22(21)26-3)14-16-25-18-20-10-6-5-7-11-20/h5-13,25H,4,14-19H2,1-3H3/t23-,24+/m0/s1. The van der Waals surface area contributed by atoms with Gasteiger partial charge in [0.15, 0.2) is 0 Å². The molecule has 0 radical (unpaired) electrons. The first-order valence-corrected chi connectivity index (χ1v) is 10.1. The van der Waals surface area contributed by atoms with Gasteiger partial charge in [-0.15, -0.1) is 0 Å². The van der Waals surface area contributed by atoms with Crippen molar-refractivity contribution in [2.45, 2.75) is 57.1 Å². The SMILES string of the molecule is CC[C@@]1(C)C[C@](CCNCc2ccccc2)(c2ccccc2OC)CCO1. The molecule has 0 saturated carbocycles. The second-order valence-corrected chi connectivity index (χ2v) is 7.97. The smallest absolute Gasteiger partial charge is 0.122 e. The van der Waals surface area contributed by atoms with Gasteiger partial charge in [0.2, 0.25) is 0 Å². The van der Waals surface area contributed by atoms with Gasteiger partial charge in [-0.3, -0.25) is 0 Å². The molecular weight excluding hydrogens is 334 g/mol. The fourth-order valence-electron chi connectivity index (χ4n) is 4.39. The van der Waals surface area contributed by atoms with Gasteiger partial charge in [-0.25, -0.2) is 0 Å². The molecule has 0 aromatic heterocycles. The van der Waals surface area contributed by atoms with Gasteiger partial charge < -0.3 is 14.8 Å². The third kappa shape index (κ3) is 4.72. The molecule has 0 bridgehead atoms. The molecule has 146 valence electrons. The van der Waals surface area contributed by atoms with Crippen molar-refractivity contribution < 1.29 is 9.47 Å². The summed E-state index contributed by atoms with van der Waals surface area (Å²) in [7, 11) is 1.78. The zero-order valence-electron chi connectivity index (χ0n) is 17.0. The number of rotatable bonds is 8. The highest BCUT2D eigenvalue weighted by atomic mass is 16.5. The molecule has 1 fully saturated rings. The lowest BCUT2D eigenvalue weighted by atomic mass is 9.66. The van der Waals surface area contributed by atoms with Gasteiger partial charge in [0.25, 0.3) is 0 Å². The summed E-state index contributed by atoms with van der Waals surface area (Å²) in [6.45, 7) is 7.18. The normalized spacial score (nSPS) is 25.3. The van der Waals surface area contributed by atoms with Gasteiger partial charge in [0.05, 0.1) is 12.7 Å². The number of nitrogens with one attached hydrogen (secondary N) is 1. The Morgan fingerprint density at radius 3 is 2.56 bits per heavy atom. The number of methoxy groups -OCH3 is 1. The van der Waals surface area contributed by atoms with Gasteiger partial charge in [-0.2, -0.15) is 0 Å². The first-order valence-electron chi connectivity index (χ1n) is 10.1. The van der Waals surface area contributed by atoms with E-state index in [2.05, 4.69) is 73.8 Å². The molecule has 3 nitrogen and oxygen atoms in total. The molecule has 0 amide bonds. The topological polar surface area (TPSA) is 30.5 Å². The van der Waals surface area contributed by atoms with Crippen LogP contribution in [-0.4, -0.2) is 25.9 Å². The lowest BCUT2D eigenvalue weighted by Crippen LogP contribution is -2.46. The molecule has 0 unspecified atom stereocenters. The largest absolute Gasteiger partial charge is 0.496 e. The molecule has 0 spiro atoms. The Hall–Kier alpha value is -1.84. The predicted molar refractivity (Wildman–Crippen MR) is 111 cm³/mol. The van der Waals surface area contributed by atoms with Crippen LogP contribution in [0.25, 0.3) is 0 Å². The van der Waals surface area contributed by atoms with Crippen LogP contribution in [0.4, 0.5) is 0 Å². The van der Waals surface area contributed by atoms with Crippen molar-refractivity contribution in [1.82, 2.24) is 5.32 Å². The van der Waals surface area contributed by atoms with E-state index >= 15 is 0 Å². The Balaban J connectivity index is 1.78. The van der Waals surface area contributed by atoms with E-state index in [1.54, 1.807) is 7.11 Å². The number of hydrogen-bond donors (Lipinski definition) is 1. The van der Waals surface area contributed by atoms with Crippen LogP contribution in [0.5, 0.6) is 5.75 Å². The minimum atomic E-state index is -0.0709. The van der Waals surface area contributed by atoms with Crippen molar-refractivity contribution in [3.63, 3.8) is 0 Å². The van der Waals surface area contributed by atoms with E-state index in [1.807, 2.05) is 0 Å². The summed E-state index contributed by atoms with van der Waals surface area (Å²) in [6.07, 6.45) is 4.18. The first-order chi connectivity index (χ1) is 13.1. The summed E-state index contributed by atoms with van der Waals surface area (Å²) in [5, 5.41) is 3.64. The number of hydrogen-bond acceptors (Lipinski definition) is 3. The molecule has 1 aliphatic heterocycles. The maximum Gasteiger partial charge on any atom is 0.122 e. The lowest BCUT2D eigenvalue weighted by Gasteiger charge is -2.47. The zero-order valence-corrected chi connectivity index (χ0v) is 17.0. The maximum atomic E-state index is 6.18. The number of para-hydroxylation sites is 1. The van der Waals surface area contributed by atoms with E-state index in [0.29, 0.717) is 0 Å². The van der Waals surface area contributed by atoms with Crippen molar-refractivity contribution in [3.05, 3.63) is 65.7 Å². The minimum absolute atomic E-state index is 0.0709. The highest BCUT2D eigenvalue weighted by Crippen LogP contribution is 2.47. The van der Waals surface area contributed by atoms with Crippen molar-refractivity contribution in [2.75, 3.05) is 20.3 Å². The molecule has 3 heteroatoms. The van der Waals surface area contributed by atoms with E-state index in [0.717, 1.165) is 51.1 Å². The van der Waals surface area contributed by atoms with E-state index in [1.165, 1.54) is 11.1 Å².